The van der Waals surface area contributed by atoms with E-state index in [1.807, 2.05) is 13.0 Å². The van der Waals surface area contributed by atoms with E-state index >= 15 is 0 Å². The Hall–Kier alpha value is -0.610. The number of aryl methyl sites for hydroxylation is 1. The first-order chi connectivity index (χ1) is 7.58. The smallest absolute Gasteiger partial charge is 0.137 e. The van der Waals surface area contributed by atoms with Crippen LogP contribution in [0.1, 0.15) is 18.4 Å². The van der Waals surface area contributed by atoms with E-state index in [0.29, 0.717) is 4.47 Å². The van der Waals surface area contributed by atoms with E-state index in [1.54, 1.807) is 6.07 Å². The average Bonchev–Trinajstić information content (AvgIpc) is 2.23. The zero-order chi connectivity index (χ0) is 11.7. The van der Waals surface area contributed by atoms with E-state index in [0.717, 1.165) is 37.2 Å². The summed E-state index contributed by atoms with van der Waals surface area (Å²) in [5.74, 6) is -0.206. The standard InChI is InChI=1S/C12H16BrFN2/c1-8-5-11(14)10(13)6-12(8)16-4-2-3-9(15)7-16/h5-6,9H,2-4,7,15H2,1H3. The second-order valence-electron chi connectivity index (χ2n) is 4.40. The summed E-state index contributed by atoms with van der Waals surface area (Å²) in [5.41, 5.74) is 8.01. The molecule has 0 aromatic heterocycles. The van der Waals surface area contributed by atoms with Gasteiger partial charge in [-0.3, -0.25) is 0 Å². The Labute approximate surface area is 104 Å². The van der Waals surface area contributed by atoms with Crippen molar-refractivity contribution in [3.63, 3.8) is 0 Å². The summed E-state index contributed by atoms with van der Waals surface area (Å²) in [4.78, 5) is 2.24. The highest BCUT2D eigenvalue weighted by Crippen LogP contribution is 2.29. The molecule has 1 unspecified atom stereocenters. The summed E-state index contributed by atoms with van der Waals surface area (Å²) in [6, 6.07) is 3.65. The predicted octanol–water partition coefficient (Wildman–Crippen LogP) is 2.82. The van der Waals surface area contributed by atoms with Crippen molar-refractivity contribution >= 4 is 21.6 Å². The van der Waals surface area contributed by atoms with Crippen LogP contribution in [0, 0.1) is 12.7 Å². The molecule has 2 nitrogen and oxygen atoms in total. The zero-order valence-electron chi connectivity index (χ0n) is 9.34. The van der Waals surface area contributed by atoms with Gasteiger partial charge in [-0.2, -0.15) is 0 Å². The van der Waals surface area contributed by atoms with E-state index in [2.05, 4.69) is 20.8 Å². The molecule has 0 saturated carbocycles. The van der Waals surface area contributed by atoms with E-state index in [9.17, 15) is 4.39 Å². The fourth-order valence-electron chi connectivity index (χ4n) is 2.21. The Balaban J connectivity index is 2.29. The SMILES string of the molecule is Cc1cc(F)c(Br)cc1N1CCCC(N)C1. The van der Waals surface area contributed by atoms with Gasteiger partial charge >= 0.3 is 0 Å². The summed E-state index contributed by atoms with van der Waals surface area (Å²) in [6.45, 7) is 3.80. The predicted molar refractivity (Wildman–Crippen MR) is 68.3 cm³/mol. The van der Waals surface area contributed by atoms with Gasteiger partial charge in [0, 0.05) is 24.8 Å². The molecule has 1 atom stereocenters. The number of piperidine rings is 1. The molecule has 0 bridgehead atoms. The van der Waals surface area contributed by atoms with Crippen LogP contribution in [-0.2, 0) is 0 Å². The van der Waals surface area contributed by atoms with Gasteiger partial charge in [-0.15, -0.1) is 0 Å². The molecule has 0 amide bonds. The third kappa shape index (κ3) is 2.38. The molecular weight excluding hydrogens is 271 g/mol. The topological polar surface area (TPSA) is 29.3 Å². The van der Waals surface area contributed by atoms with Gasteiger partial charge in [-0.05, 0) is 53.4 Å². The first-order valence-electron chi connectivity index (χ1n) is 5.54. The number of rotatable bonds is 1. The quantitative estimate of drug-likeness (QED) is 0.860. The first kappa shape index (κ1) is 11.9. The molecule has 0 spiro atoms. The number of hydrogen-bond acceptors (Lipinski definition) is 2. The van der Waals surface area contributed by atoms with Crippen molar-refractivity contribution in [3.8, 4) is 0 Å². The van der Waals surface area contributed by atoms with Gasteiger partial charge in [0.25, 0.3) is 0 Å². The van der Waals surface area contributed by atoms with Gasteiger partial charge in [-0.25, -0.2) is 4.39 Å². The lowest BCUT2D eigenvalue weighted by Gasteiger charge is -2.33. The van der Waals surface area contributed by atoms with E-state index < -0.39 is 0 Å². The van der Waals surface area contributed by atoms with Crippen LogP contribution in [0.2, 0.25) is 0 Å². The molecule has 2 rings (SSSR count). The third-order valence-electron chi connectivity index (χ3n) is 3.04. The molecule has 88 valence electrons. The van der Waals surface area contributed by atoms with Crippen molar-refractivity contribution in [1.82, 2.24) is 0 Å². The molecule has 4 heteroatoms. The van der Waals surface area contributed by atoms with Gasteiger partial charge in [0.2, 0.25) is 0 Å². The number of benzene rings is 1. The Morgan fingerprint density at radius 1 is 1.50 bits per heavy atom. The maximum Gasteiger partial charge on any atom is 0.137 e. The van der Waals surface area contributed by atoms with Crippen LogP contribution in [0.3, 0.4) is 0 Å². The van der Waals surface area contributed by atoms with Gasteiger partial charge < -0.3 is 10.6 Å². The summed E-state index contributed by atoms with van der Waals surface area (Å²) < 4.78 is 13.8. The fourth-order valence-corrected chi connectivity index (χ4v) is 2.54. The van der Waals surface area contributed by atoms with Crippen LogP contribution in [0.25, 0.3) is 0 Å². The highest BCUT2D eigenvalue weighted by atomic mass is 79.9. The van der Waals surface area contributed by atoms with Crippen LogP contribution < -0.4 is 10.6 Å². The monoisotopic (exact) mass is 286 g/mol. The van der Waals surface area contributed by atoms with Crippen molar-refractivity contribution in [2.24, 2.45) is 5.73 Å². The second-order valence-corrected chi connectivity index (χ2v) is 5.26. The van der Waals surface area contributed by atoms with Crippen LogP contribution in [-0.4, -0.2) is 19.1 Å². The molecule has 1 aliphatic rings. The van der Waals surface area contributed by atoms with E-state index in [-0.39, 0.29) is 11.9 Å². The Morgan fingerprint density at radius 2 is 2.25 bits per heavy atom. The summed E-state index contributed by atoms with van der Waals surface area (Å²) in [7, 11) is 0. The maximum absolute atomic E-state index is 13.3. The van der Waals surface area contributed by atoms with Crippen molar-refractivity contribution in [2.45, 2.75) is 25.8 Å². The zero-order valence-corrected chi connectivity index (χ0v) is 10.9. The third-order valence-corrected chi connectivity index (χ3v) is 3.65. The normalized spacial score (nSPS) is 21.2. The Morgan fingerprint density at radius 3 is 2.94 bits per heavy atom. The lowest BCUT2D eigenvalue weighted by atomic mass is 10.0. The Kier molecular flexibility index (Phi) is 3.50. The lowest BCUT2D eigenvalue weighted by molar-refractivity contribution is 0.505. The minimum absolute atomic E-state index is 0.206. The van der Waals surface area contributed by atoms with Crippen LogP contribution in [0.5, 0.6) is 0 Å². The molecule has 0 radical (unpaired) electrons. The van der Waals surface area contributed by atoms with Crippen molar-refractivity contribution < 1.29 is 4.39 Å². The van der Waals surface area contributed by atoms with Crippen LogP contribution in [0.4, 0.5) is 10.1 Å². The molecule has 0 aliphatic carbocycles. The maximum atomic E-state index is 13.3. The fraction of sp³-hybridized carbons (Fsp3) is 0.500. The second kappa shape index (κ2) is 4.72. The molecule has 2 N–H and O–H groups in total. The largest absolute Gasteiger partial charge is 0.370 e. The minimum atomic E-state index is -0.206. The number of nitrogens with two attached hydrogens (primary N) is 1. The number of nitrogens with zero attached hydrogens (tertiary/aromatic N) is 1. The van der Waals surface area contributed by atoms with Crippen molar-refractivity contribution in [2.75, 3.05) is 18.0 Å². The highest BCUT2D eigenvalue weighted by Gasteiger charge is 2.19. The van der Waals surface area contributed by atoms with E-state index in [4.69, 9.17) is 5.73 Å². The highest BCUT2D eigenvalue weighted by molar-refractivity contribution is 9.10. The van der Waals surface area contributed by atoms with E-state index in [1.165, 1.54) is 0 Å². The molecule has 16 heavy (non-hydrogen) atoms. The number of halogens is 2. The minimum Gasteiger partial charge on any atom is -0.370 e. The lowest BCUT2D eigenvalue weighted by Crippen LogP contribution is -2.43. The van der Waals surface area contributed by atoms with Gasteiger partial charge in [0.1, 0.15) is 5.82 Å². The summed E-state index contributed by atoms with van der Waals surface area (Å²) in [5, 5.41) is 0. The van der Waals surface area contributed by atoms with Crippen molar-refractivity contribution in [1.29, 1.82) is 0 Å². The average molecular weight is 287 g/mol. The Bertz CT molecular complexity index is 395. The van der Waals surface area contributed by atoms with Crippen LogP contribution in [0.15, 0.2) is 16.6 Å². The summed E-state index contributed by atoms with van der Waals surface area (Å²) >= 11 is 3.23. The molecule has 1 heterocycles. The molecule has 1 saturated heterocycles. The van der Waals surface area contributed by atoms with Crippen LogP contribution >= 0.6 is 15.9 Å². The molecule has 1 aromatic carbocycles. The van der Waals surface area contributed by atoms with Gasteiger partial charge in [-0.1, -0.05) is 0 Å². The van der Waals surface area contributed by atoms with Gasteiger partial charge in [0.15, 0.2) is 0 Å². The number of anilines is 1. The van der Waals surface area contributed by atoms with Gasteiger partial charge in [0.05, 0.1) is 4.47 Å². The molecule has 1 aromatic rings. The molecule has 1 fully saturated rings. The molecular formula is C12H16BrFN2. The number of hydrogen-bond donors (Lipinski definition) is 1. The molecule has 1 aliphatic heterocycles. The summed E-state index contributed by atoms with van der Waals surface area (Å²) in [6.07, 6.45) is 2.19. The van der Waals surface area contributed by atoms with Crippen molar-refractivity contribution in [3.05, 3.63) is 28.0 Å². The first-order valence-corrected chi connectivity index (χ1v) is 6.33.